The Morgan fingerprint density at radius 1 is 0.413 bits per heavy atom. The first-order valence-electron chi connectivity index (χ1n) is 14.9. The minimum atomic E-state index is -0.547. The van der Waals surface area contributed by atoms with Crippen LogP contribution in [0.5, 0.6) is 46.0 Å². The van der Waals surface area contributed by atoms with Gasteiger partial charge in [-0.25, -0.2) is 0 Å². The first-order chi connectivity index (χ1) is 22.5. The van der Waals surface area contributed by atoms with Crippen molar-refractivity contribution in [2.24, 2.45) is 0 Å². The molecular formula is C36H36O10. The lowest BCUT2D eigenvalue weighted by Crippen LogP contribution is -2.50. The number of methoxy groups -OCH3 is 6. The number of fused-ring (bicyclic) bond motifs is 6. The molecular weight excluding hydrogens is 592 g/mol. The summed E-state index contributed by atoms with van der Waals surface area (Å²) < 4.78 is 61.1. The summed E-state index contributed by atoms with van der Waals surface area (Å²) >= 11 is 0. The molecule has 1 fully saturated rings. The fourth-order valence-electron chi connectivity index (χ4n) is 6.54. The molecule has 7 rings (SSSR count). The molecule has 3 aliphatic heterocycles. The molecule has 3 heterocycles. The molecule has 0 spiro atoms. The quantitative estimate of drug-likeness (QED) is 0.213. The van der Waals surface area contributed by atoms with E-state index in [0.29, 0.717) is 46.0 Å². The fourth-order valence-corrected chi connectivity index (χ4v) is 6.54. The highest BCUT2D eigenvalue weighted by atomic mass is 16.6. The predicted molar refractivity (Wildman–Crippen MR) is 167 cm³/mol. The Hall–Kier alpha value is -4.80. The van der Waals surface area contributed by atoms with Gasteiger partial charge < -0.3 is 47.4 Å². The molecule has 3 aliphatic rings. The molecule has 0 N–H and O–H groups in total. The molecule has 0 amide bonds. The second-order valence-electron chi connectivity index (χ2n) is 11.2. The average Bonchev–Trinajstić information content (AvgIpc) is 3.12. The summed E-state index contributed by atoms with van der Waals surface area (Å²) in [6.07, 6.45) is -3.15. The molecule has 0 bridgehead atoms. The smallest absolute Gasteiger partial charge is 0.161 e. The van der Waals surface area contributed by atoms with E-state index < -0.39 is 36.6 Å². The van der Waals surface area contributed by atoms with Gasteiger partial charge >= 0.3 is 0 Å². The lowest BCUT2D eigenvalue weighted by atomic mass is 9.86. The maximum absolute atomic E-state index is 7.13. The van der Waals surface area contributed by atoms with Gasteiger partial charge in [-0.3, -0.25) is 0 Å². The van der Waals surface area contributed by atoms with Gasteiger partial charge in [0.15, 0.2) is 35.2 Å². The van der Waals surface area contributed by atoms with Crippen LogP contribution in [0.25, 0.3) is 0 Å². The summed E-state index contributed by atoms with van der Waals surface area (Å²) in [7, 11) is 9.69. The van der Waals surface area contributed by atoms with Gasteiger partial charge in [-0.2, -0.15) is 0 Å². The molecule has 10 heteroatoms. The van der Waals surface area contributed by atoms with Crippen molar-refractivity contribution in [3.8, 4) is 46.0 Å². The summed E-state index contributed by atoms with van der Waals surface area (Å²) in [5.41, 5.74) is 3.41. The Bertz CT molecular complexity index is 1610. The van der Waals surface area contributed by atoms with Gasteiger partial charge in [0.1, 0.15) is 47.4 Å². The van der Waals surface area contributed by atoms with Gasteiger partial charge in [0.05, 0.1) is 42.7 Å². The maximum Gasteiger partial charge on any atom is 0.161 e. The maximum atomic E-state index is 7.13. The Morgan fingerprint density at radius 3 is 1.20 bits per heavy atom. The summed E-state index contributed by atoms with van der Waals surface area (Å²) in [6, 6.07) is 22.9. The van der Waals surface area contributed by atoms with E-state index in [4.69, 9.17) is 47.4 Å². The third-order valence-corrected chi connectivity index (χ3v) is 8.84. The van der Waals surface area contributed by atoms with Crippen LogP contribution in [-0.2, 0) is 9.47 Å². The molecule has 46 heavy (non-hydrogen) atoms. The van der Waals surface area contributed by atoms with Gasteiger partial charge in [-0.1, -0.05) is 12.1 Å². The van der Waals surface area contributed by atoms with Crippen molar-refractivity contribution in [1.29, 1.82) is 0 Å². The topological polar surface area (TPSA) is 92.3 Å². The number of hydrogen-bond acceptors (Lipinski definition) is 10. The van der Waals surface area contributed by atoms with E-state index in [1.165, 1.54) is 0 Å². The fraction of sp³-hybridized carbons (Fsp3) is 0.333. The van der Waals surface area contributed by atoms with Gasteiger partial charge in [0.2, 0.25) is 0 Å². The second-order valence-corrected chi connectivity index (χ2v) is 11.2. The summed E-state index contributed by atoms with van der Waals surface area (Å²) in [5.74, 6) is 5.04. The molecule has 0 aliphatic carbocycles. The molecule has 0 aromatic heterocycles. The van der Waals surface area contributed by atoms with E-state index in [9.17, 15) is 0 Å². The molecule has 0 unspecified atom stereocenters. The van der Waals surface area contributed by atoms with Crippen LogP contribution in [0.4, 0.5) is 0 Å². The van der Waals surface area contributed by atoms with Crippen LogP contribution in [0, 0.1) is 0 Å². The van der Waals surface area contributed by atoms with Crippen LogP contribution in [-0.4, -0.2) is 54.9 Å². The van der Waals surface area contributed by atoms with Crippen LogP contribution < -0.4 is 37.9 Å². The molecule has 4 aromatic carbocycles. The van der Waals surface area contributed by atoms with Crippen LogP contribution >= 0.6 is 0 Å². The predicted octanol–water partition coefficient (Wildman–Crippen LogP) is 6.57. The minimum absolute atomic E-state index is 0.500. The van der Waals surface area contributed by atoms with E-state index in [-0.39, 0.29) is 0 Å². The number of hydrogen-bond donors (Lipinski definition) is 0. The average molecular weight is 629 g/mol. The minimum Gasteiger partial charge on any atom is -0.497 e. The van der Waals surface area contributed by atoms with E-state index in [1.54, 1.807) is 42.7 Å². The van der Waals surface area contributed by atoms with Crippen molar-refractivity contribution < 1.29 is 47.4 Å². The zero-order valence-electron chi connectivity index (χ0n) is 26.5. The largest absolute Gasteiger partial charge is 0.497 e. The van der Waals surface area contributed by atoms with Crippen molar-refractivity contribution in [2.45, 2.75) is 36.6 Å². The lowest BCUT2D eigenvalue weighted by Gasteiger charge is -2.51. The van der Waals surface area contributed by atoms with E-state index in [0.717, 1.165) is 22.3 Å². The van der Waals surface area contributed by atoms with Crippen LogP contribution in [0.15, 0.2) is 72.8 Å². The normalized spacial score (nSPS) is 24.0. The highest BCUT2D eigenvalue weighted by Gasteiger charge is 2.54. The third kappa shape index (κ3) is 4.98. The number of ether oxygens (including phenoxy) is 10. The van der Waals surface area contributed by atoms with Crippen LogP contribution in [0.1, 0.15) is 46.7 Å². The molecule has 0 radical (unpaired) electrons. The summed E-state index contributed by atoms with van der Waals surface area (Å²) in [6.45, 7) is 0. The molecule has 6 atom stereocenters. The van der Waals surface area contributed by atoms with Crippen molar-refractivity contribution >= 4 is 0 Å². The molecule has 1 saturated heterocycles. The number of benzene rings is 4. The van der Waals surface area contributed by atoms with Crippen molar-refractivity contribution in [2.75, 3.05) is 42.7 Å². The first kappa shape index (κ1) is 29.9. The molecule has 240 valence electrons. The molecule has 4 aromatic rings. The van der Waals surface area contributed by atoms with E-state index in [1.807, 2.05) is 72.8 Å². The van der Waals surface area contributed by atoms with E-state index >= 15 is 0 Å². The van der Waals surface area contributed by atoms with Gasteiger partial charge in [-0.15, -0.1) is 0 Å². The SMILES string of the molecule is COc1ccc2c(c1)O[C@H](c1ccc(OC)c(OC)c1)[C@H]1O[C@H]3c4ccc(OC)cc4O[C@H](c4ccc(OC)c(OC)c4)[C@H]3O[C@H]21. The standard InChI is InChI=1S/C36H36O10/c1-37-21-9-11-23-27(17-21)43-31(19-7-13-25(39-3)29(15-19)41-5)35-33(23)45-36-32(20-8-14-26(40-4)30(16-20)42-6)44-28-18-22(38-2)10-12-24(28)34(36)46-35/h7-18,31-36H,1-6H3/t31-,32-,33-,34+,35-,36-/m1/s1. The van der Waals surface area contributed by atoms with Gasteiger partial charge in [0.25, 0.3) is 0 Å². The Morgan fingerprint density at radius 2 is 0.826 bits per heavy atom. The summed E-state index contributed by atoms with van der Waals surface area (Å²) in [5, 5.41) is 0. The van der Waals surface area contributed by atoms with Gasteiger partial charge in [0, 0.05) is 23.3 Å². The van der Waals surface area contributed by atoms with E-state index in [2.05, 4.69) is 0 Å². The second kappa shape index (κ2) is 12.2. The Balaban J connectivity index is 1.36. The monoisotopic (exact) mass is 628 g/mol. The van der Waals surface area contributed by atoms with Crippen LogP contribution in [0.3, 0.4) is 0 Å². The highest BCUT2D eigenvalue weighted by Crippen LogP contribution is 2.56. The Kier molecular flexibility index (Phi) is 7.92. The highest BCUT2D eigenvalue weighted by molar-refractivity contribution is 5.51. The first-order valence-corrected chi connectivity index (χ1v) is 14.9. The zero-order chi connectivity index (χ0) is 31.9. The summed E-state index contributed by atoms with van der Waals surface area (Å²) in [4.78, 5) is 0. The Labute approximate surface area is 267 Å². The third-order valence-electron chi connectivity index (χ3n) is 8.84. The van der Waals surface area contributed by atoms with Crippen molar-refractivity contribution in [1.82, 2.24) is 0 Å². The zero-order valence-corrected chi connectivity index (χ0v) is 26.5. The van der Waals surface area contributed by atoms with Gasteiger partial charge in [-0.05, 0) is 59.7 Å². The van der Waals surface area contributed by atoms with Crippen LogP contribution in [0.2, 0.25) is 0 Å². The van der Waals surface area contributed by atoms with Crippen molar-refractivity contribution in [3.63, 3.8) is 0 Å². The van der Waals surface area contributed by atoms with Crippen molar-refractivity contribution in [3.05, 3.63) is 95.1 Å². The molecule has 10 nitrogen and oxygen atoms in total. The number of rotatable bonds is 8. The lowest BCUT2D eigenvalue weighted by molar-refractivity contribution is -0.277. The molecule has 0 saturated carbocycles.